The maximum absolute atomic E-state index is 3.56. The normalized spacial score (nSPS) is 12.1. The Balaban J connectivity index is 0.000000356. The highest BCUT2D eigenvalue weighted by molar-refractivity contribution is 5.66. The van der Waals surface area contributed by atoms with E-state index in [2.05, 4.69) is 93.0 Å². The molecule has 1 nitrogen and oxygen atoms in total. The molecule has 128 valence electrons. The highest BCUT2D eigenvalue weighted by Crippen LogP contribution is 2.15. The third kappa shape index (κ3) is 5.42. The molecular weight excluding hydrogens is 290 g/mol. The number of hydrogen-bond donors (Lipinski definition) is 0. The van der Waals surface area contributed by atoms with Crippen LogP contribution in [0.1, 0.15) is 33.3 Å². The van der Waals surface area contributed by atoms with Gasteiger partial charge in [-0.1, -0.05) is 94.4 Å². The van der Waals surface area contributed by atoms with Crippen LogP contribution in [-0.2, 0) is 0 Å². The topological polar surface area (TPSA) is 3.24 Å². The maximum Gasteiger partial charge on any atom is 0.0519 e. The van der Waals surface area contributed by atoms with Gasteiger partial charge in [0.15, 0.2) is 0 Å². The van der Waals surface area contributed by atoms with Crippen LogP contribution in [-0.4, -0.2) is 18.5 Å². The van der Waals surface area contributed by atoms with Gasteiger partial charge >= 0.3 is 0 Å². The predicted molar refractivity (Wildman–Crippen MR) is 108 cm³/mol. The Morgan fingerprint density at radius 2 is 1.50 bits per heavy atom. The van der Waals surface area contributed by atoms with Crippen molar-refractivity contribution in [3.63, 3.8) is 0 Å². The second-order valence-electron chi connectivity index (χ2n) is 5.87. The van der Waals surface area contributed by atoms with Gasteiger partial charge in [-0.3, -0.25) is 0 Å². The minimum Gasteiger partial charge on any atom is -0.370 e. The van der Waals surface area contributed by atoms with Gasteiger partial charge in [0.2, 0.25) is 0 Å². The molecule has 1 aliphatic heterocycles. The molecule has 0 spiro atoms. The largest absolute Gasteiger partial charge is 0.370 e. The summed E-state index contributed by atoms with van der Waals surface area (Å²) in [4.78, 5) is 2.30. The molecule has 0 bridgehead atoms. The summed E-state index contributed by atoms with van der Waals surface area (Å²) in [6.45, 7) is 12.7. The van der Waals surface area contributed by atoms with Crippen LogP contribution in [0, 0.1) is 5.92 Å². The lowest BCUT2D eigenvalue weighted by molar-refractivity contribution is 0.540. The lowest BCUT2D eigenvalue weighted by Crippen LogP contribution is -2.38. The lowest BCUT2D eigenvalue weighted by Gasteiger charge is -2.24. The molecule has 3 rings (SSSR count). The monoisotopic (exact) mass is 321 g/mol. The van der Waals surface area contributed by atoms with Crippen LogP contribution in [0.3, 0.4) is 0 Å². The number of benzene rings is 2. The van der Waals surface area contributed by atoms with Crippen molar-refractivity contribution in [3.05, 3.63) is 83.3 Å². The van der Waals surface area contributed by atoms with Gasteiger partial charge in [-0.05, 0) is 16.7 Å². The zero-order chi connectivity index (χ0) is 17.9. The van der Waals surface area contributed by atoms with E-state index < -0.39 is 0 Å². The molecule has 24 heavy (non-hydrogen) atoms. The van der Waals surface area contributed by atoms with E-state index in [-0.39, 0.29) is 0 Å². The van der Waals surface area contributed by atoms with E-state index in [0.29, 0.717) is 5.92 Å². The highest BCUT2D eigenvalue weighted by atomic mass is 15.1. The van der Waals surface area contributed by atoms with Gasteiger partial charge in [0.25, 0.3) is 0 Å². The summed E-state index contributed by atoms with van der Waals surface area (Å²) in [7, 11) is 2.15. The molecule has 0 aliphatic carbocycles. The van der Waals surface area contributed by atoms with E-state index in [1.54, 1.807) is 0 Å². The van der Waals surface area contributed by atoms with E-state index in [4.69, 9.17) is 0 Å². The lowest BCUT2D eigenvalue weighted by atomic mass is 10.0. The smallest absolute Gasteiger partial charge is 0.0519 e. The van der Waals surface area contributed by atoms with Crippen molar-refractivity contribution in [2.75, 3.05) is 13.6 Å². The fourth-order valence-electron chi connectivity index (χ4n) is 2.39. The number of rotatable bonds is 2. The molecule has 0 fully saturated rings. The molecule has 0 saturated carbocycles. The molecule has 0 atom stereocenters. The van der Waals surface area contributed by atoms with Crippen LogP contribution in [0.15, 0.2) is 67.3 Å². The minimum absolute atomic E-state index is 0.648. The van der Waals surface area contributed by atoms with Crippen LogP contribution < -0.4 is 10.4 Å². The summed E-state index contributed by atoms with van der Waals surface area (Å²) >= 11 is 0. The molecule has 2 aromatic rings. The Morgan fingerprint density at radius 3 is 2.08 bits per heavy atom. The Kier molecular flexibility index (Phi) is 8.64. The van der Waals surface area contributed by atoms with Crippen molar-refractivity contribution in [3.8, 4) is 0 Å². The molecule has 0 N–H and O–H groups in total. The first-order valence-corrected chi connectivity index (χ1v) is 8.82. The predicted octanol–water partition coefficient (Wildman–Crippen LogP) is 4.42. The van der Waals surface area contributed by atoms with Crippen LogP contribution >= 0.6 is 0 Å². The standard InChI is InChI=1S/C16H15N.C5H10.C2H6/c1-17-12-11-13-7-5-6-10-15(13)16(17)14-8-3-2-4-9-14;1-4-5(2)3;1-2/h2-11H,12H2,1H3;4-5H,1H2,2-3H3;1-2H3. The van der Waals surface area contributed by atoms with Crippen molar-refractivity contribution in [1.82, 2.24) is 4.90 Å². The number of fused-ring (bicyclic) bond motifs is 1. The van der Waals surface area contributed by atoms with Crippen LogP contribution in [0.25, 0.3) is 11.8 Å². The van der Waals surface area contributed by atoms with Crippen molar-refractivity contribution >= 4 is 11.8 Å². The van der Waals surface area contributed by atoms with E-state index in [1.807, 2.05) is 19.9 Å². The zero-order valence-corrected chi connectivity index (χ0v) is 15.8. The summed E-state index contributed by atoms with van der Waals surface area (Å²) in [6, 6.07) is 19.2. The van der Waals surface area contributed by atoms with Crippen molar-refractivity contribution in [1.29, 1.82) is 0 Å². The fraction of sp³-hybridized carbons (Fsp3) is 0.304. The van der Waals surface area contributed by atoms with Crippen molar-refractivity contribution in [2.24, 2.45) is 5.92 Å². The van der Waals surface area contributed by atoms with E-state index >= 15 is 0 Å². The summed E-state index contributed by atoms with van der Waals surface area (Å²) in [5.74, 6) is 0.648. The van der Waals surface area contributed by atoms with Crippen LogP contribution in [0.4, 0.5) is 0 Å². The molecule has 0 radical (unpaired) electrons. The molecule has 0 saturated heterocycles. The Morgan fingerprint density at radius 1 is 0.958 bits per heavy atom. The molecule has 1 heteroatoms. The Bertz CT molecular complexity index is 726. The molecule has 0 unspecified atom stereocenters. The summed E-state index contributed by atoms with van der Waals surface area (Å²) < 4.78 is 0. The second-order valence-corrected chi connectivity index (χ2v) is 5.87. The van der Waals surface area contributed by atoms with Gasteiger partial charge in [-0.2, -0.15) is 0 Å². The number of nitrogens with zero attached hydrogens (tertiary/aromatic N) is 1. The van der Waals surface area contributed by atoms with Gasteiger partial charge in [-0.15, -0.1) is 6.58 Å². The second kappa shape index (κ2) is 10.5. The molecular formula is C23H31N. The minimum atomic E-state index is 0.648. The van der Waals surface area contributed by atoms with Crippen LogP contribution in [0.5, 0.6) is 0 Å². The molecule has 0 amide bonds. The van der Waals surface area contributed by atoms with Gasteiger partial charge < -0.3 is 4.90 Å². The first-order chi connectivity index (χ1) is 11.6. The summed E-state index contributed by atoms with van der Waals surface area (Å²) in [6.07, 6.45) is 4.20. The van der Waals surface area contributed by atoms with Crippen LogP contribution in [0.2, 0.25) is 0 Å². The molecule has 1 aliphatic rings. The number of allylic oxidation sites excluding steroid dienone is 1. The van der Waals surface area contributed by atoms with Crippen molar-refractivity contribution < 1.29 is 0 Å². The van der Waals surface area contributed by atoms with E-state index in [0.717, 1.165) is 6.54 Å². The van der Waals surface area contributed by atoms with Gasteiger partial charge in [0.1, 0.15) is 0 Å². The highest BCUT2D eigenvalue weighted by Gasteiger charge is 2.10. The first kappa shape index (κ1) is 19.8. The molecule has 1 heterocycles. The molecule has 0 aromatic heterocycles. The molecule has 2 aromatic carbocycles. The maximum atomic E-state index is 3.56. The SMILES string of the molecule is C=CC(C)C.CC.CN1CC=c2ccccc2=C1c1ccccc1. The van der Waals surface area contributed by atoms with Gasteiger partial charge in [0.05, 0.1) is 5.70 Å². The first-order valence-electron chi connectivity index (χ1n) is 8.82. The summed E-state index contributed by atoms with van der Waals surface area (Å²) in [5, 5.41) is 2.66. The van der Waals surface area contributed by atoms with Crippen molar-refractivity contribution in [2.45, 2.75) is 27.7 Å². The fourth-order valence-corrected chi connectivity index (χ4v) is 2.39. The average molecular weight is 322 g/mol. The summed E-state index contributed by atoms with van der Waals surface area (Å²) in [5.41, 5.74) is 2.61. The van der Waals surface area contributed by atoms with Gasteiger partial charge in [0, 0.05) is 18.8 Å². The van der Waals surface area contributed by atoms with E-state index in [1.165, 1.54) is 21.7 Å². The third-order valence-electron chi connectivity index (χ3n) is 3.70. The Labute approximate surface area is 147 Å². The van der Waals surface area contributed by atoms with Gasteiger partial charge in [-0.25, -0.2) is 0 Å². The quantitative estimate of drug-likeness (QED) is 0.740. The number of hydrogen-bond acceptors (Lipinski definition) is 1. The average Bonchev–Trinajstić information content (AvgIpc) is 2.64. The Hall–Kier alpha value is -2.28. The third-order valence-corrected chi connectivity index (χ3v) is 3.70. The zero-order valence-electron chi connectivity index (χ0n) is 15.8. The van der Waals surface area contributed by atoms with E-state index in [9.17, 15) is 0 Å².